The minimum atomic E-state index is 0.623. The van der Waals surface area contributed by atoms with E-state index >= 15 is 0 Å². The molecule has 0 spiro atoms. The van der Waals surface area contributed by atoms with Crippen molar-refractivity contribution in [3.63, 3.8) is 0 Å². The quantitative estimate of drug-likeness (QED) is 0.838. The molecule has 3 heterocycles. The third-order valence-electron chi connectivity index (χ3n) is 5.75. The van der Waals surface area contributed by atoms with E-state index in [-0.39, 0.29) is 0 Å². The summed E-state index contributed by atoms with van der Waals surface area (Å²) in [5.41, 5.74) is 2.55. The van der Waals surface area contributed by atoms with Gasteiger partial charge in [-0.2, -0.15) is 5.10 Å². The van der Waals surface area contributed by atoms with E-state index in [1.165, 1.54) is 43.9 Å². The summed E-state index contributed by atoms with van der Waals surface area (Å²) in [6.45, 7) is 8.84. The van der Waals surface area contributed by atoms with Crippen molar-refractivity contribution in [3.8, 4) is 0 Å². The fraction of sp³-hybridized carbons (Fsp3) is 0.571. The molecule has 2 aliphatic heterocycles. The molecule has 5 heteroatoms. The van der Waals surface area contributed by atoms with E-state index in [1.807, 2.05) is 0 Å². The minimum absolute atomic E-state index is 0.623. The molecular weight excluding hydrogens is 322 g/mol. The van der Waals surface area contributed by atoms with Gasteiger partial charge in [-0.3, -0.25) is 0 Å². The Labute approximate surface area is 156 Å². The monoisotopic (exact) mass is 353 g/mol. The molecule has 0 saturated carbocycles. The zero-order valence-electron chi connectivity index (χ0n) is 15.8. The van der Waals surface area contributed by atoms with Gasteiger partial charge in [0.15, 0.2) is 0 Å². The second-order valence-corrected chi connectivity index (χ2v) is 7.86. The molecule has 0 unspecified atom stereocenters. The number of hydrogen-bond acceptors (Lipinski definition) is 4. The SMILES string of the molecule is Cc1cc2n(n1)C[C@H](CNC1CCN(CCc3ccccc3)CC1)CN2. The van der Waals surface area contributed by atoms with Gasteiger partial charge in [0.1, 0.15) is 5.82 Å². The molecule has 0 radical (unpaired) electrons. The smallest absolute Gasteiger partial charge is 0.124 e. The average Bonchev–Trinajstić information content (AvgIpc) is 3.05. The lowest BCUT2D eigenvalue weighted by molar-refractivity contribution is 0.195. The molecule has 2 N–H and O–H groups in total. The first-order valence-corrected chi connectivity index (χ1v) is 10.0. The lowest BCUT2D eigenvalue weighted by Crippen LogP contribution is -2.46. The lowest BCUT2D eigenvalue weighted by Gasteiger charge is -2.34. The molecule has 2 aromatic rings. The van der Waals surface area contributed by atoms with Crippen LogP contribution in [0, 0.1) is 12.8 Å². The highest BCUT2D eigenvalue weighted by atomic mass is 15.3. The molecule has 5 nitrogen and oxygen atoms in total. The van der Waals surface area contributed by atoms with Crippen LogP contribution in [0.1, 0.15) is 24.1 Å². The molecule has 1 aromatic heterocycles. The van der Waals surface area contributed by atoms with E-state index in [0.29, 0.717) is 12.0 Å². The number of nitrogens with one attached hydrogen (secondary N) is 2. The highest BCUT2D eigenvalue weighted by Gasteiger charge is 2.22. The summed E-state index contributed by atoms with van der Waals surface area (Å²) >= 11 is 0. The van der Waals surface area contributed by atoms with Gasteiger partial charge >= 0.3 is 0 Å². The number of hydrogen-bond donors (Lipinski definition) is 2. The maximum Gasteiger partial charge on any atom is 0.124 e. The van der Waals surface area contributed by atoms with Crippen molar-refractivity contribution in [2.24, 2.45) is 5.92 Å². The Kier molecular flexibility index (Phi) is 5.56. The summed E-state index contributed by atoms with van der Waals surface area (Å²) in [7, 11) is 0. The predicted octanol–water partition coefficient (Wildman–Crippen LogP) is 2.53. The van der Waals surface area contributed by atoms with Crippen LogP contribution in [0.2, 0.25) is 0 Å². The Bertz CT molecular complexity index is 688. The molecule has 0 amide bonds. The summed E-state index contributed by atoms with van der Waals surface area (Å²) in [5, 5.41) is 11.9. The Morgan fingerprint density at radius 3 is 2.81 bits per heavy atom. The first-order chi connectivity index (χ1) is 12.8. The van der Waals surface area contributed by atoms with Gasteiger partial charge in [0.25, 0.3) is 0 Å². The normalized spacial score (nSPS) is 21.3. The van der Waals surface area contributed by atoms with E-state index in [9.17, 15) is 0 Å². The van der Waals surface area contributed by atoms with Crippen molar-refractivity contribution >= 4 is 5.82 Å². The Morgan fingerprint density at radius 1 is 1.19 bits per heavy atom. The summed E-state index contributed by atoms with van der Waals surface area (Å²) in [4.78, 5) is 2.62. The maximum atomic E-state index is 4.57. The number of fused-ring (bicyclic) bond motifs is 1. The van der Waals surface area contributed by atoms with Crippen molar-refractivity contribution in [2.45, 2.75) is 38.8 Å². The van der Waals surface area contributed by atoms with Gasteiger partial charge in [-0.1, -0.05) is 30.3 Å². The van der Waals surface area contributed by atoms with Crippen LogP contribution in [0.15, 0.2) is 36.4 Å². The first kappa shape index (κ1) is 17.6. The van der Waals surface area contributed by atoms with E-state index < -0.39 is 0 Å². The van der Waals surface area contributed by atoms with Gasteiger partial charge in [0.05, 0.1) is 5.69 Å². The van der Waals surface area contributed by atoms with E-state index in [4.69, 9.17) is 0 Å². The molecule has 1 fully saturated rings. The molecule has 1 atom stereocenters. The van der Waals surface area contributed by atoms with Crippen molar-refractivity contribution in [1.82, 2.24) is 20.0 Å². The standard InChI is InChI=1S/C21H31N5/c1-17-13-21-23-15-19(16-26(21)24-17)14-22-20-8-11-25(12-9-20)10-7-18-5-3-2-4-6-18/h2-6,13,19-20,22-23H,7-12,14-16H2,1H3/t19-/m1/s1. The fourth-order valence-electron chi connectivity index (χ4n) is 4.15. The number of piperidine rings is 1. The largest absolute Gasteiger partial charge is 0.370 e. The number of rotatable bonds is 6. The Morgan fingerprint density at radius 2 is 2.00 bits per heavy atom. The third-order valence-corrected chi connectivity index (χ3v) is 5.75. The molecule has 26 heavy (non-hydrogen) atoms. The first-order valence-electron chi connectivity index (χ1n) is 10.0. The lowest BCUT2D eigenvalue weighted by atomic mass is 10.0. The fourth-order valence-corrected chi connectivity index (χ4v) is 4.15. The summed E-state index contributed by atoms with van der Waals surface area (Å²) in [6.07, 6.45) is 3.69. The van der Waals surface area contributed by atoms with Crippen LogP contribution in [0.4, 0.5) is 5.82 Å². The topological polar surface area (TPSA) is 45.1 Å². The summed E-state index contributed by atoms with van der Waals surface area (Å²) < 4.78 is 2.12. The van der Waals surface area contributed by atoms with Crippen molar-refractivity contribution in [3.05, 3.63) is 47.7 Å². The van der Waals surface area contributed by atoms with Crippen LogP contribution in [-0.4, -0.2) is 53.4 Å². The zero-order valence-corrected chi connectivity index (χ0v) is 15.8. The molecule has 0 aliphatic carbocycles. The van der Waals surface area contributed by atoms with Crippen molar-refractivity contribution in [1.29, 1.82) is 0 Å². The average molecular weight is 354 g/mol. The van der Waals surface area contributed by atoms with Gasteiger partial charge in [-0.25, -0.2) is 4.68 Å². The molecular formula is C21H31N5. The van der Waals surface area contributed by atoms with Gasteiger partial charge < -0.3 is 15.5 Å². The van der Waals surface area contributed by atoms with E-state index in [1.54, 1.807) is 0 Å². The van der Waals surface area contributed by atoms with Gasteiger partial charge in [-0.05, 0) is 44.8 Å². The molecule has 1 aromatic carbocycles. The molecule has 1 saturated heterocycles. The number of aryl methyl sites for hydroxylation is 1. The second kappa shape index (κ2) is 8.23. The second-order valence-electron chi connectivity index (χ2n) is 7.86. The van der Waals surface area contributed by atoms with Crippen LogP contribution in [-0.2, 0) is 13.0 Å². The Hall–Kier alpha value is -1.85. The number of anilines is 1. The maximum absolute atomic E-state index is 4.57. The summed E-state index contributed by atoms with van der Waals surface area (Å²) in [5.74, 6) is 1.79. The van der Waals surface area contributed by atoms with Crippen LogP contribution in [0.5, 0.6) is 0 Å². The highest BCUT2D eigenvalue weighted by Crippen LogP contribution is 2.19. The van der Waals surface area contributed by atoms with Crippen LogP contribution in [0.25, 0.3) is 0 Å². The van der Waals surface area contributed by atoms with Crippen LogP contribution >= 0.6 is 0 Å². The van der Waals surface area contributed by atoms with Crippen molar-refractivity contribution in [2.75, 3.05) is 38.0 Å². The molecule has 2 aliphatic rings. The number of nitrogens with zero attached hydrogens (tertiary/aromatic N) is 3. The van der Waals surface area contributed by atoms with Crippen LogP contribution in [0.3, 0.4) is 0 Å². The van der Waals surface area contributed by atoms with Crippen molar-refractivity contribution < 1.29 is 0 Å². The van der Waals surface area contributed by atoms with E-state index in [2.05, 4.69) is 68.6 Å². The summed E-state index contributed by atoms with van der Waals surface area (Å²) in [6, 6.07) is 13.6. The zero-order chi connectivity index (χ0) is 17.8. The predicted molar refractivity (Wildman–Crippen MR) is 107 cm³/mol. The van der Waals surface area contributed by atoms with Gasteiger partial charge in [0.2, 0.25) is 0 Å². The van der Waals surface area contributed by atoms with Crippen LogP contribution < -0.4 is 10.6 Å². The molecule has 140 valence electrons. The minimum Gasteiger partial charge on any atom is -0.370 e. The molecule has 0 bridgehead atoms. The third kappa shape index (κ3) is 4.46. The molecule has 4 rings (SSSR count). The van der Waals surface area contributed by atoms with Gasteiger partial charge in [-0.15, -0.1) is 0 Å². The van der Waals surface area contributed by atoms with Gasteiger partial charge in [0, 0.05) is 44.2 Å². The number of aromatic nitrogens is 2. The number of likely N-dealkylation sites (tertiary alicyclic amines) is 1. The number of benzene rings is 1. The van der Waals surface area contributed by atoms with E-state index in [0.717, 1.165) is 31.7 Å². The Balaban J connectivity index is 1.15. The highest BCUT2D eigenvalue weighted by molar-refractivity contribution is 5.38.